The molecular weight excluding hydrogens is 358 g/mol. The third kappa shape index (κ3) is 5.25. The average Bonchev–Trinajstić information content (AvgIpc) is 2.67. The number of Topliss-reactive ketones (excluding diaryl/α,β-unsaturated/α-hetero) is 1. The van der Waals surface area contributed by atoms with Gasteiger partial charge in [-0.3, -0.25) is 9.69 Å². The van der Waals surface area contributed by atoms with Gasteiger partial charge in [-0.05, 0) is 51.1 Å². The van der Waals surface area contributed by atoms with Gasteiger partial charge in [0.05, 0.1) is 14.2 Å². The first kappa shape index (κ1) is 21.3. The number of para-hydroxylation sites is 1. The van der Waals surface area contributed by atoms with E-state index in [9.17, 15) is 9.59 Å². The van der Waals surface area contributed by atoms with E-state index in [0.29, 0.717) is 17.1 Å². The van der Waals surface area contributed by atoms with Gasteiger partial charge in [0.15, 0.2) is 17.3 Å². The lowest BCUT2D eigenvalue weighted by molar-refractivity contribution is 0.0935. The van der Waals surface area contributed by atoms with Gasteiger partial charge < -0.3 is 14.2 Å². The summed E-state index contributed by atoms with van der Waals surface area (Å²) in [4.78, 5) is 26.7. The maximum atomic E-state index is 12.6. The first-order valence-electron chi connectivity index (χ1n) is 9.05. The number of methoxy groups -OCH3 is 2. The van der Waals surface area contributed by atoms with Crippen molar-refractivity contribution in [2.75, 3.05) is 25.7 Å². The van der Waals surface area contributed by atoms with Gasteiger partial charge in [-0.2, -0.15) is 0 Å². The maximum absolute atomic E-state index is 12.6. The summed E-state index contributed by atoms with van der Waals surface area (Å²) in [5.74, 6) is 0.887. The highest BCUT2D eigenvalue weighted by Gasteiger charge is 2.29. The van der Waals surface area contributed by atoms with Crippen LogP contribution in [0.3, 0.4) is 0 Å². The largest absolute Gasteiger partial charge is 0.493 e. The fourth-order valence-corrected chi connectivity index (χ4v) is 2.79. The summed E-state index contributed by atoms with van der Waals surface area (Å²) in [5, 5.41) is 0. The monoisotopic (exact) mass is 385 g/mol. The second-order valence-electron chi connectivity index (χ2n) is 7.20. The van der Waals surface area contributed by atoms with Crippen LogP contribution in [0.2, 0.25) is 0 Å². The van der Waals surface area contributed by atoms with Gasteiger partial charge in [-0.15, -0.1) is 0 Å². The molecule has 0 aliphatic heterocycles. The maximum Gasteiger partial charge on any atom is 0.414 e. The van der Waals surface area contributed by atoms with Gasteiger partial charge in [0.2, 0.25) is 0 Å². The van der Waals surface area contributed by atoms with Crippen molar-refractivity contribution in [3.8, 4) is 11.5 Å². The third-order valence-electron chi connectivity index (χ3n) is 4.13. The molecule has 28 heavy (non-hydrogen) atoms. The molecule has 0 unspecified atom stereocenters. The minimum atomic E-state index is -0.487. The van der Waals surface area contributed by atoms with Gasteiger partial charge >= 0.3 is 6.09 Å². The molecule has 6 nitrogen and oxygen atoms in total. The molecule has 0 atom stereocenters. The van der Waals surface area contributed by atoms with Crippen LogP contribution < -0.4 is 14.4 Å². The lowest BCUT2D eigenvalue weighted by atomic mass is 10.1. The molecule has 0 bridgehead atoms. The molecule has 2 rings (SSSR count). The average molecular weight is 385 g/mol. The minimum Gasteiger partial charge on any atom is -0.493 e. The Kier molecular flexibility index (Phi) is 7.04. The van der Waals surface area contributed by atoms with E-state index >= 15 is 0 Å². The number of amides is 1. The molecule has 0 heterocycles. The first-order valence-corrected chi connectivity index (χ1v) is 9.05. The van der Waals surface area contributed by atoms with Crippen molar-refractivity contribution in [2.24, 2.45) is 0 Å². The molecule has 2 aromatic rings. The second kappa shape index (κ2) is 9.26. The van der Waals surface area contributed by atoms with Crippen molar-refractivity contribution in [1.82, 2.24) is 0 Å². The van der Waals surface area contributed by atoms with Gasteiger partial charge in [0.25, 0.3) is 0 Å². The van der Waals surface area contributed by atoms with Crippen LogP contribution in [0.4, 0.5) is 10.5 Å². The number of carbonyl (C=O) groups excluding carboxylic acids is 2. The fraction of sp³-hybridized carbons (Fsp3) is 0.364. The predicted molar refractivity (Wildman–Crippen MR) is 109 cm³/mol. The van der Waals surface area contributed by atoms with Crippen LogP contribution in [-0.4, -0.2) is 38.2 Å². The van der Waals surface area contributed by atoms with Crippen molar-refractivity contribution in [3.05, 3.63) is 54.1 Å². The van der Waals surface area contributed by atoms with Gasteiger partial charge in [0, 0.05) is 23.2 Å². The second-order valence-corrected chi connectivity index (χ2v) is 7.20. The number of hydrogen-bond acceptors (Lipinski definition) is 5. The van der Waals surface area contributed by atoms with E-state index in [-0.39, 0.29) is 18.8 Å². The molecule has 6 heteroatoms. The summed E-state index contributed by atoms with van der Waals surface area (Å²) < 4.78 is 15.8. The van der Waals surface area contributed by atoms with Crippen LogP contribution >= 0.6 is 0 Å². The van der Waals surface area contributed by atoms with Crippen LogP contribution in [0.1, 0.15) is 37.6 Å². The molecule has 0 radical (unpaired) electrons. The van der Waals surface area contributed by atoms with E-state index in [0.717, 1.165) is 5.69 Å². The molecule has 2 aromatic carbocycles. The van der Waals surface area contributed by atoms with Gasteiger partial charge in [-0.25, -0.2) is 4.79 Å². The number of nitrogens with zero attached hydrogens (tertiary/aromatic N) is 1. The van der Waals surface area contributed by atoms with E-state index in [1.54, 1.807) is 23.1 Å². The van der Waals surface area contributed by atoms with Crippen molar-refractivity contribution in [2.45, 2.75) is 32.7 Å². The van der Waals surface area contributed by atoms with E-state index in [2.05, 4.69) is 0 Å². The van der Waals surface area contributed by atoms with E-state index in [1.807, 2.05) is 51.1 Å². The Labute approximate surface area is 166 Å². The topological polar surface area (TPSA) is 65.1 Å². The quantitative estimate of drug-likeness (QED) is 0.645. The smallest absolute Gasteiger partial charge is 0.414 e. The van der Waals surface area contributed by atoms with E-state index < -0.39 is 11.6 Å². The highest BCUT2D eigenvalue weighted by atomic mass is 16.6. The zero-order valence-corrected chi connectivity index (χ0v) is 17.0. The molecule has 1 amide bonds. The van der Waals surface area contributed by atoms with E-state index in [4.69, 9.17) is 14.2 Å². The number of ketones is 1. The molecule has 0 spiro atoms. The lowest BCUT2D eigenvalue weighted by Gasteiger charge is -2.34. The van der Waals surface area contributed by atoms with Crippen LogP contribution in [0.5, 0.6) is 11.5 Å². The number of ether oxygens (including phenoxy) is 3. The molecule has 0 aliphatic rings. The Morgan fingerprint density at radius 2 is 1.57 bits per heavy atom. The summed E-state index contributed by atoms with van der Waals surface area (Å²) in [6.07, 6.45) is -0.410. The molecule has 0 saturated heterocycles. The number of hydrogen-bond donors (Lipinski definition) is 0. The third-order valence-corrected chi connectivity index (χ3v) is 4.13. The van der Waals surface area contributed by atoms with Gasteiger partial charge in [-0.1, -0.05) is 18.2 Å². The fourth-order valence-electron chi connectivity index (χ4n) is 2.79. The summed E-state index contributed by atoms with van der Waals surface area (Å²) in [6, 6.07) is 14.3. The van der Waals surface area contributed by atoms with Crippen LogP contribution in [0.15, 0.2) is 48.5 Å². The number of carbonyl (C=O) groups is 2. The number of rotatable bonds is 7. The van der Waals surface area contributed by atoms with Gasteiger partial charge in [0.1, 0.15) is 6.61 Å². The SMILES string of the molecule is COc1ccc(C(=O)CCOC(=O)N(c2ccccc2)C(C)(C)C)cc1OC. The molecule has 0 aromatic heterocycles. The Balaban J connectivity index is 2.01. The molecule has 0 saturated carbocycles. The zero-order valence-electron chi connectivity index (χ0n) is 17.0. The summed E-state index contributed by atoms with van der Waals surface area (Å²) in [7, 11) is 3.05. The highest BCUT2D eigenvalue weighted by Crippen LogP contribution is 2.28. The van der Waals surface area contributed by atoms with Crippen LogP contribution in [0, 0.1) is 0 Å². The van der Waals surface area contributed by atoms with Crippen LogP contribution in [-0.2, 0) is 4.74 Å². The lowest BCUT2D eigenvalue weighted by Crippen LogP contribution is -2.46. The van der Waals surface area contributed by atoms with Crippen molar-refractivity contribution in [3.63, 3.8) is 0 Å². The Morgan fingerprint density at radius 3 is 2.14 bits per heavy atom. The molecule has 150 valence electrons. The number of anilines is 1. The summed E-state index contributed by atoms with van der Waals surface area (Å²) >= 11 is 0. The predicted octanol–water partition coefficient (Wildman–Crippen LogP) is 4.72. The summed E-state index contributed by atoms with van der Waals surface area (Å²) in [5.41, 5.74) is 0.752. The van der Waals surface area contributed by atoms with Crippen molar-refractivity contribution >= 4 is 17.6 Å². The van der Waals surface area contributed by atoms with Crippen molar-refractivity contribution < 1.29 is 23.8 Å². The Morgan fingerprint density at radius 1 is 0.929 bits per heavy atom. The highest BCUT2D eigenvalue weighted by molar-refractivity contribution is 5.97. The molecule has 0 N–H and O–H groups in total. The molecule has 0 fully saturated rings. The Bertz CT molecular complexity index is 811. The standard InChI is InChI=1S/C22H27NO5/c1-22(2,3)23(17-9-7-6-8-10-17)21(25)28-14-13-18(24)16-11-12-19(26-4)20(15-16)27-5/h6-12,15H,13-14H2,1-5H3. The van der Waals surface area contributed by atoms with Crippen molar-refractivity contribution in [1.29, 1.82) is 0 Å². The van der Waals surface area contributed by atoms with Crippen LogP contribution in [0.25, 0.3) is 0 Å². The number of benzene rings is 2. The minimum absolute atomic E-state index is 0.00851. The Hall–Kier alpha value is -3.02. The first-order chi connectivity index (χ1) is 13.3. The van der Waals surface area contributed by atoms with E-state index in [1.165, 1.54) is 14.2 Å². The molecular formula is C22H27NO5. The molecule has 0 aliphatic carbocycles. The zero-order chi connectivity index (χ0) is 20.7. The normalized spacial score (nSPS) is 10.9. The summed E-state index contributed by atoms with van der Waals surface area (Å²) in [6.45, 7) is 5.77.